The van der Waals surface area contributed by atoms with E-state index in [1.165, 1.54) is 5.56 Å². The summed E-state index contributed by atoms with van der Waals surface area (Å²) in [5.41, 5.74) is 1.19. The second kappa shape index (κ2) is 9.09. The molecule has 2 unspecified atom stereocenters. The van der Waals surface area contributed by atoms with E-state index in [-0.39, 0.29) is 12.1 Å². The first kappa shape index (κ1) is 15.2. The van der Waals surface area contributed by atoms with E-state index in [0.717, 1.165) is 13.0 Å². The van der Waals surface area contributed by atoms with Crippen LogP contribution in [0.15, 0.2) is 30.3 Å². The van der Waals surface area contributed by atoms with Gasteiger partial charge in [-0.3, -0.25) is 0 Å². The summed E-state index contributed by atoms with van der Waals surface area (Å²) in [7, 11) is 1.95. The molecular weight excluding hydrogens is 226 g/mol. The average molecular weight is 251 g/mol. The third-order valence-electron chi connectivity index (χ3n) is 2.86. The third kappa shape index (κ3) is 4.77. The van der Waals surface area contributed by atoms with Crippen LogP contribution in [0.2, 0.25) is 0 Å². The summed E-state index contributed by atoms with van der Waals surface area (Å²) in [6, 6.07) is 10.5. The molecule has 1 aromatic carbocycles. The Bertz CT molecular complexity index is 303. The van der Waals surface area contributed by atoms with Crippen LogP contribution in [0.5, 0.6) is 0 Å². The molecule has 0 aliphatic rings. The molecule has 0 bridgehead atoms. The summed E-state index contributed by atoms with van der Waals surface area (Å²) in [5, 5.41) is 3.29. The molecule has 2 atom stereocenters. The van der Waals surface area contributed by atoms with E-state index >= 15 is 0 Å². The number of hydrogen-bond acceptors (Lipinski definition) is 3. The Morgan fingerprint density at radius 1 is 1.17 bits per heavy atom. The molecule has 102 valence electrons. The molecule has 0 saturated heterocycles. The summed E-state index contributed by atoms with van der Waals surface area (Å²) < 4.78 is 11.5. The van der Waals surface area contributed by atoms with Gasteiger partial charge in [0.25, 0.3) is 0 Å². The number of nitrogens with one attached hydrogen (secondary N) is 1. The highest BCUT2D eigenvalue weighted by atomic mass is 16.5. The smallest absolute Gasteiger partial charge is 0.1000 e. The monoisotopic (exact) mass is 251 g/mol. The van der Waals surface area contributed by atoms with Crippen molar-refractivity contribution in [3.8, 4) is 0 Å². The molecular formula is C15H25NO2. The zero-order valence-corrected chi connectivity index (χ0v) is 11.7. The van der Waals surface area contributed by atoms with Crippen LogP contribution in [0.4, 0.5) is 0 Å². The van der Waals surface area contributed by atoms with E-state index in [9.17, 15) is 0 Å². The van der Waals surface area contributed by atoms with E-state index in [2.05, 4.69) is 24.4 Å². The van der Waals surface area contributed by atoms with Crippen molar-refractivity contribution in [1.82, 2.24) is 5.32 Å². The minimum absolute atomic E-state index is 0.0399. The van der Waals surface area contributed by atoms with Crippen LogP contribution in [0, 0.1) is 0 Å². The van der Waals surface area contributed by atoms with E-state index in [1.807, 2.05) is 32.2 Å². The highest BCUT2D eigenvalue weighted by Crippen LogP contribution is 2.21. The van der Waals surface area contributed by atoms with Gasteiger partial charge in [-0.2, -0.15) is 0 Å². The SMILES string of the molecule is CCCOCC(NC)C(OCC)c1ccccc1. The van der Waals surface area contributed by atoms with Gasteiger partial charge in [0.1, 0.15) is 0 Å². The molecule has 0 fully saturated rings. The van der Waals surface area contributed by atoms with Crippen LogP contribution < -0.4 is 5.32 Å². The lowest BCUT2D eigenvalue weighted by atomic mass is 10.0. The number of likely N-dealkylation sites (N-methyl/N-ethyl adjacent to an activating group) is 1. The van der Waals surface area contributed by atoms with Crippen LogP contribution in [0.25, 0.3) is 0 Å². The Morgan fingerprint density at radius 3 is 2.44 bits per heavy atom. The number of ether oxygens (including phenoxy) is 2. The summed E-state index contributed by atoms with van der Waals surface area (Å²) in [6.45, 7) is 6.31. The van der Waals surface area contributed by atoms with Gasteiger partial charge in [0.05, 0.1) is 18.8 Å². The van der Waals surface area contributed by atoms with Gasteiger partial charge in [0.15, 0.2) is 0 Å². The van der Waals surface area contributed by atoms with Crippen molar-refractivity contribution in [2.75, 3.05) is 26.9 Å². The normalized spacial score (nSPS) is 14.4. The Balaban J connectivity index is 2.68. The van der Waals surface area contributed by atoms with Gasteiger partial charge in [-0.25, -0.2) is 0 Å². The van der Waals surface area contributed by atoms with Crippen LogP contribution in [-0.4, -0.2) is 32.9 Å². The van der Waals surface area contributed by atoms with Gasteiger partial charge in [-0.05, 0) is 26.0 Å². The van der Waals surface area contributed by atoms with Crippen molar-refractivity contribution in [1.29, 1.82) is 0 Å². The van der Waals surface area contributed by atoms with Crippen molar-refractivity contribution in [2.45, 2.75) is 32.4 Å². The lowest BCUT2D eigenvalue weighted by Gasteiger charge is -2.27. The van der Waals surface area contributed by atoms with E-state index in [1.54, 1.807) is 0 Å². The van der Waals surface area contributed by atoms with Gasteiger partial charge in [0.2, 0.25) is 0 Å². The molecule has 1 N–H and O–H groups in total. The van der Waals surface area contributed by atoms with E-state index < -0.39 is 0 Å². The largest absolute Gasteiger partial charge is 0.380 e. The fraction of sp³-hybridized carbons (Fsp3) is 0.600. The highest BCUT2D eigenvalue weighted by Gasteiger charge is 2.22. The molecule has 0 aliphatic heterocycles. The van der Waals surface area contributed by atoms with Gasteiger partial charge in [-0.15, -0.1) is 0 Å². The third-order valence-corrected chi connectivity index (χ3v) is 2.86. The van der Waals surface area contributed by atoms with Gasteiger partial charge >= 0.3 is 0 Å². The Hall–Kier alpha value is -0.900. The second-order valence-electron chi connectivity index (χ2n) is 4.26. The Labute approximate surface area is 110 Å². The molecule has 0 heterocycles. The average Bonchev–Trinajstić information content (AvgIpc) is 2.43. The van der Waals surface area contributed by atoms with Crippen LogP contribution in [-0.2, 0) is 9.47 Å². The topological polar surface area (TPSA) is 30.5 Å². The zero-order chi connectivity index (χ0) is 13.2. The van der Waals surface area contributed by atoms with Crippen LogP contribution >= 0.6 is 0 Å². The number of benzene rings is 1. The Kier molecular flexibility index (Phi) is 7.65. The maximum Gasteiger partial charge on any atom is 0.1000 e. The minimum Gasteiger partial charge on any atom is -0.380 e. The molecule has 1 aromatic rings. The Morgan fingerprint density at radius 2 is 1.89 bits per heavy atom. The second-order valence-corrected chi connectivity index (χ2v) is 4.26. The van der Waals surface area contributed by atoms with Gasteiger partial charge < -0.3 is 14.8 Å². The molecule has 1 rings (SSSR count). The molecule has 0 spiro atoms. The predicted molar refractivity (Wildman–Crippen MR) is 74.8 cm³/mol. The molecule has 0 radical (unpaired) electrons. The lowest BCUT2D eigenvalue weighted by Crippen LogP contribution is -2.38. The molecule has 0 saturated carbocycles. The standard InChI is InChI=1S/C15H25NO2/c1-4-11-17-12-14(16-3)15(18-5-2)13-9-7-6-8-10-13/h6-10,14-16H,4-5,11-12H2,1-3H3. The van der Waals surface area contributed by atoms with Gasteiger partial charge in [-0.1, -0.05) is 37.3 Å². The number of rotatable bonds is 9. The van der Waals surface area contributed by atoms with Crippen molar-refractivity contribution in [3.63, 3.8) is 0 Å². The summed E-state index contributed by atoms with van der Waals surface area (Å²) in [4.78, 5) is 0. The fourth-order valence-electron chi connectivity index (χ4n) is 1.94. The quantitative estimate of drug-likeness (QED) is 0.685. The van der Waals surface area contributed by atoms with Crippen molar-refractivity contribution < 1.29 is 9.47 Å². The maximum absolute atomic E-state index is 5.87. The number of hydrogen-bond donors (Lipinski definition) is 1. The van der Waals surface area contributed by atoms with E-state index in [0.29, 0.717) is 13.2 Å². The maximum atomic E-state index is 5.87. The minimum atomic E-state index is 0.0399. The van der Waals surface area contributed by atoms with E-state index in [4.69, 9.17) is 9.47 Å². The van der Waals surface area contributed by atoms with Crippen molar-refractivity contribution in [2.24, 2.45) is 0 Å². The first-order valence-electron chi connectivity index (χ1n) is 6.75. The molecule has 3 nitrogen and oxygen atoms in total. The van der Waals surface area contributed by atoms with Crippen molar-refractivity contribution in [3.05, 3.63) is 35.9 Å². The van der Waals surface area contributed by atoms with Crippen LogP contribution in [0.1, 0.15) is 31.9 Å². The summed E-state index contributed by atoms with van der Waals surface area (Å²) in [6.07, 6.45) is 1.08. The first-order chi connectivity index (χ1) is 8.83. The van der Waals surface area contributed by atoms with Crippen molar-refractivity contribution >= 4 is 0 Å². The molecule has 0 aromatic heterocycles. The van der Waals surface area contributed by atoms with Gasteiger partial charge in [0, 0.05) is 13.2 Å². The fourth-order valence-corrected chi connectivity index (χ4v) is 1.94. The molecule has 0 aliphatic carbocycles. The van der Waals surface area contributed by atoms with Crippen LogP contribution in [0.3, 0.4) is 0 Å². The summed E-state index contributed by atoms with van der Waals surface area (Å²) in [5.74, 6) is 0. The first-order valence-corrected chi connectivity index (χ1v) is 6.75. The predicted octanol–water partition coefficient (Wildman–Crippen LogP) is 2.78. The highest BCUT2D eigenvalue weighted by molar-refractivity contribution is 5.19. The molecule has 18 heavy (non-hydrogen) atoms. The lowest BCUT2D eigenvalue weighted by molar-refractivity contribution is 0.00114. The summed E-state index contributed by atoms with van der Waals surface area (Å²) >= 11 is 0. The molecule has 0 amide bonds. The molecule has 3 heteroatoms. The zero-order valence-electron chi connectivity index (χ0n) is 11.7.